The Morgan fingerprint density at radius 1 is 1.22 bits per heavy atom. The fourth-order valence-electron chi connectivity index (χ4n) is 2.18. The number of nitrogens with one attached hydrogen (secondary N) is 2. The quantitative estimate of drug-likeness (QED) is 0.693. The standard InChI is InChI=1S/C14H9ClF4N4/c15-11-7(2-1-3-9(11)16)4-20-12-10-8(14(17,18)19)5-21-13(10)23-6-22-12/h1-3,5-6H,4H2,(H2,20,21,22,23). The number of hydrogen-bond acceptors (Lipinski definition) is 3. The first kappa shape index (κ1) is 15.5. The van der Waals surface area contributed by atoms with Gasteiger partial charge in [0.05, 0.1) is 16.0 Å². The molecule has 23 heavy (non-hydrogen) atoms. The molecule has 0 unspecified atom stereocenters. The van der Waals surface area contributed by atoms with Crippen molar-refractivity contribution in [1.82, 2.24) is 15.0 Å². The molecule has 2 N–H and O–H groups in total. The van der Waals surface area contributed by atoms with Gasteiger partial charge >= 0.3 is 6.18 Å². The van der Waals surface area contributed by atoms with Crippen LogP contribution in [0.5, 0.6) is 0 Å². The van der Waals surface area contributed by atoms with Crippen LogP contribution in [0.4, 0.5) is 23.4 Å². The Labute approximate surface area is 132 Å². The van der Waals surface area contributed by atoms with Gasteiger partial charge in [0.15, 0.2) is 0 Å². The minimum absolute atomic E-state index is 0.0103. The summed E-state index contributed by atoms with van der Waals surface area (Å²) in [7, 11) is 0. The van der Waals surface area contributed by atoms with Gasteiger partial charge in [0.1, 0.15) is 23.6 Å². The molecule has 2 aromatic heterocycles. The Morgan fingerprint density at radius 2 is 2.00 bits per heavy atom. The largest absolute Gasteiger partial charge is 0.418 e. The molecule has 120 valence electrons. The van der Waals surface area contributed by atoms with E-state index >= 15 is 0 Å². The monoisotopic (exact) mass is 344 g/mol. The van der Waals surface area contributed by atoms with Crippen LogP contribution in [0.15, 0.2) is 30.7 Å². The number of anilines is 1. The number of nitrogens with zero attached hydrogens (tertiary/aromatic N) is 2. The molecule has 9 heteroatoms. The van der Waals surface area contributed by atoms with Crippen molar-refractivity contribution in [2.75, 3.05) is 5.32 Å². The predicted octanol–water partition coefficient (Wildman–Crippen LogP) is 4.38. The first-order valence-corrected chi connectivity index (χ1v) is 6.81. The number of aromatic nitrogens is 3. The zero-order valence-electron chi connectivity index (χ0n) is 11.4. The summed E-state index contributed by atoms with van der Waals surface area (Å²) in [5, 5.41) is 2.49. The van der Waals surface area contributed by atoms with Gasteiger partial charge < -0.3 is 10.3 Å². The fourth-order valence-corrected chi connectivity index (χ4v) is 2.38. The van der Waals surface area contributed by atoms with Crippen molar-refractivity contribution in [2.24, 2.45) is 0 Å². The molecule has 3 rings (SSSR count). The molecule has 0 saturated heterocycles. The van der Waals surface area contributed by atoms with E-state index in [1.165, 1.54) is 12.1 Å². The maximum absolute atomic E-state index is 13.4. The number of fused-ring (bicyclic) bond motifs is 1. The number of aromatic amines is 1. The first-order chi connectivity index (χ1) is 10.9. The summed E-state index contributed by atoms with van der Waals surface area (Å²) in [6.45, 7) is 0.0190. The van der Waals surface area contributed by atoms with Crippen LogP contribution in [0.25, 0.3) is 11.0 Å². The topological polar surface area (TPSA) is 53.6 Å². The lowest BCUT2D eigenvalue weighted by Crippen LogP contribution is -2.07. The van der Waals surface area contributed by atoms with Gasteiger partial charge in [-0.25, -0.2) is 14.4 Å². The van der Waals surface area contributed by atoms with E-state index in [2.05, 4.69) is 20.3 Å². The van der Waals surface area contributed by atoms with E-state index in [0.29, 0.717) is 5.56 Å². The van der Waals surface area contributed by atoms with Crippen molar-refractivity contribution < 1.29 is 17.6 Å². The fraction of sp³-hybridized carbons (Fsp3) is 0.143. The van der Waals surface area contributed by atoms with Crippen LogP contribution >= 0.6 is 11.6 Å². The second-order valence-electron chi connectivity index (χ2n) is 4.71. The molecular formula is C14H9ClF4N4. The summed E-state index contributed by atoms with van der Waals surface area (Å²) >= 11 is 5.83. The number of hydrogen-bond donors (Lipinski definition) is 2. The van der Waals surface area contributed by atoms with Gasteiger partial charge in [0.2, 0.25) is 0 Å². The lowest BCUT2D eigenvalue weighted by atomic mass is 10.2. The molecule has 3 aromatic rings. The highest BCUT2D eigenvalue weighted by atomic mass is 35.5. The molecule has 0 fully saturated rings. The molecule has 2 heterocycles. The number of H-pyrrole nitrogens is 1. The Morgan fingerprint density at radius 3 is 2.74 bits per heavy atom. The lowest BCUT2D eigenvalue weighted by Gasteiger charge is -2.10. The van der Waals surface area contributed by atoms with E-state index in [4.69, 9.17) is 11.6 Å². The second-order valence-corrected chi connectivity index (χ2v) is 5.09. The Hall–Kier alpha value is -2.35. The highest BCUT2D eigenvalue weighted by molar-refractivity contribution is 6.31. The maximum Gasteiger partial charge on any atom is 0.418 e. The summed E-state index contributed by atoms with van der Waals surface area (Å²) in [5.74, 6) is -0.611. The second kappa shape index (κ2) is 5.69. The van der Waals surface area contributed by atoms with Crippen LogP contribution in [0.3, 0.4) is 0 Å². The molecule has 0 radical (unpaired) electrons. The van der Waals surface area contributed by atoms with Crippen LogP contribution < -0.4 is 5.32 Å². The Bertz CT molecular complexity index is 860. The van der Waals surface area contributed by atoms with Crippen molar-refractivity contribution in [3.63, 3.8) is 0 Å². The molecule has 0 aliphatic carbocycles. The zero-order chi connectivity index (χ0) is 16.6. The van der Waals surface area contributed by atoms with Crippen molar-refractivity contribution in [3.8, 4) is 0 Å². The average Bonchev–Trinajstić information content (AvgIpc) is 2.93. The maximum atomic E-state index is 13.4. The SMILES string of the molecule is Fc1cccc(CNc2ncnc3[nH]cc(C(F)(F)F)c23)c1Cl. The molecule has 4 nitrogen and oxygen atoms in total. The molecule has 0 aliphatic heterocycles. The van der Waals surface area contributed by atoms with Crippen molar-refractivity contribution in [2.45, 2.75) is 12.7 Å². The van der Waals surface area contributed by atoms with Crippen LogP contribution in [0.1, 0.15) is 11.1 Å². The van der Waals surface area contributed by atoms with E-state index in [0.717, 1.165) is 12.5 Å². The third kappa shape index (κ3) is 2.94. The summed E-state index contributed by atoms with van der Waals surface area (Å²) in [5.41, 5.74) is -0.413. The third-order valence-electron chi connectivity index (χ3n) is 3.25. The molecule has 1 aromatic carbocycles. The molecule has 0 aliphatic rings. The van der Waals surface area contributed by atoms with E-state index in [1.54, 1.807) is 6.07 Å². The first-order valence-electron chi connectivity index (χ1n) is 6.44. The molecule has 0 spiro atoms. The van der Waals surface area contributed by atoms with E-state index < -0.39 is 17.6 Å². The van der Waals surface area contributed by atoms with Crippen molar-refractivity contribution >= 4 is 28.5 Å². The van der Waals surface area contributed by atoms with E-state index in [-0.39, 0.29) is 28.4 Å². The summed E-state index contributed by atoms with van der Waals surface area (Å²) in [6, 6.07) is 4.23. The number of benzene rings is 1. The Kier molecular flexibility index (Phi) is 3.85. The van der Waals surface area contributed by atoms with Gasteiger partial charge in [-0.15, -0.1) is 0 Å². The molecule has 0 atom stereocenters. The van der Waals surface area contributed by atoms with Crippen LogP contribution in [0.2, 0.25) is 5.02 Å². The summed E-state index contributed by atoms with van der Waals surface area (Å²) in [6.07, 6.45) is -2.58. The van der Waals surface area contributed by atoms with Gasteiger partial charge in [-0.1, -0.05) is 23.7 Å². The average molecular weight is 345 g/mol. The minimum atomic E-state index is -4.55. The number of alkyl halides is 3. The third-order valence-corrected chi connectivity index (χ3v) is 3.68. The van der Waals surface area contributed by atoms with Crippen LogP contribution in [-0.2, 0) is 12.7 Å². The van der Waals surface area contributed by atoms with Gasteiger partial charge in [-0.3, -0.25) is 0 Å². The highest BCUT2D eigenvalue weighted by Gasteiger charge is 2.35. The van der Waals surface area contributed by atoms with Gasteiger partial charge in [0.25, 0.3) is 0 Å². The highest BCUT2D eigenvalue weighted by Crippen LogP contribution is 2.37. The smallest absolute Gasteiger partial charge is 0.365 e. The number of rotatable bonds is 3. The van der Waals surface area contributed by atoms with Gasteiger partial charge in [0, 0.05) is 12.7 Å². The van der Waals surface area contributed by atoms with E-state index in [9.17, 15) is 17.6 Å². The van der Waals surface area contributed by atoms with Crippen LogP contribution in [-0.4, -0.2) is 15.0 Å². The normalized spacial score (nSPS) is 11.9. The van der Waals surface area contributed by atoms with Gasteiger partial charge in [-0.05, 0) is 11.6 Å². The zero-order valence-corrected chi connectivity index (χ0v) is 12.1. The molecule has 0 amide bonds. The molecule has 0 saturated carbocycles. The summed E-state index contributed by atoms with van der Waals surface area (Å²) < 4.78 is 52.5. The van der Waals surface area contributed by atoms with Crippen LogP contribution in [0, 0.1) is 5.82 Å². The van der Waals surface area contributed by atoms with E-state index in [1.807, 2.05) is 0 Å². The predicted molar refractivity (Wildman–Crippen MR) is 77.6 cm³/mol. The van der Waals surface area contributed by atoms with Crippen molar-refractivity contribution in [1.29, 1.82) is 0 Å². The summed E-state index contributed by atoms with van der Waals surface area (Å²) in [4.78, 5) is 10.1. The van der Waals surface area contributed by atoms with Crippen molar-refractivity contribution in [3.05, 3.63) is 52.7 Å². The Balaban J connectivity index is 1.97. The minimum Gasteiger partial charge on any atom is -0.365 e. The number of halogens is 5. The molecular weight excluding hydrogens is 336 g/mol. The van der Waals surface area contributed by atoms with Gasteiger partial charge in [-0.2, -0.15) is 13.2 Å². The lowest BCUT2D eigenvalue weighted by molar-refractivity contribution is -0.136. The molecule has 0 bridgehead atoms.